The first kappa shape index (κ1) is 17.0. The predicted octanol–water partition coefficient (Wildman–Crippen LogP) is 3.77. The van der Waals surface area contributed by atoms with E-state index >= 15 is 0 Å². The lowest BCUT2D eigenvalue weighted by atomic mass is 10.0. The van der Waals surface area contributed by atoms with E-state index in [0.29, 0.717) is 16.6 Å². The number of hydrogen-bond donors (Lipinski definition) is 1. The Balaban J connectivity index is 1.72. The molecule has 7 heteroatoms. The zero-order chi connectivity index (χ0) is 17.2. The number of hydrogen-bond acceptors (Lipinski definition) is 4. The molecule has 1 atom stereocenters. The highest BCUT2D eigenvalue weighted by molar-refractivity contribution is 7.92. The summed E-state index contributed by atoms with van der Waals surface area (Å²) >= 11 is 5.79. The summed E-state index contributed by atoms with van der Waals surface area (Å²) in [6, 6.07) is 9.65. The van der Waals surface area contributed by atoms with Gasteiger partial charge in [0.25, 0.3) is 10.0 Å². The van der Waals surface area contributed by atoms with Gasteiger partial charge in [-0.1, -0.05) is 18.5 Å². The van der Waals surface area contributed by atoms with E-state index in [1.54, 1.807) is 24.4 Å². The summed E-state index contributed by atoms with van der Waals surface area (Å²) in [5.41, 5.74) is 0.443. The fourth-order valence-electron chi connectivity index (χ4n) is 2.86. The zero-order valence-electron chi connectivity index (χ0n) is 13.4. The summed E-state index contributed by atoms with van der Waals surface area (Å²) in [5, 5.41) is 0.496. The molecule has 2 heterocycles. The Labute approximate surface area is 147 Å². The number of aromatic nitrogens is 1. The minimum atomic E-state index is -3.64. The molecule has 1 N–H and O–H groups in total. The van der Waals surface area contributed by atoms with Gasteiger partial charge in [-0.2, -0.15) is 0 Å². The number of pyridine rings is 1. The van der Waals surface area contributed by atoms with Crippen molar-refractivity contribution < 1.29 is 8.42 Å². The van der Waals surface area contributed by atoms with Gasteiger partial charge in [0.1, 0.15) is 5.82 Å². The van der Waals surface area contributed by atoms with Crippen LogP contribution in [0.25, 0.3) is 0 Å². The van der Waals surface area contributed by atoms with Crippen molar-refractivity contribution in [2.75, 3.05) is 22.7 Å². The first-order valence-corrected chi connectivity index (χ1v) is 9.79. The average molecular weight is 366 g/mol. The third-order valence-electron chi connectivity index (χ3n) is 4.11. The van der Waals surface area contributed by atoms with Crippen LogP contribution < -0.4 is 9.62 Å². The maximum absolute atomic E-state index is 12.4. The topological polar surface area (TPSA) is 62.3 Å². The van der Waals surface area contributed by atoms with E-state index in [0.717, 1.165) is 25.3 Å². The van der Waals surface area contributed by atoms with Crippen LogP contribution in [0.15, 0.2) is 47.5 Å². The number of sulfonamides is 1. The van der Waals surface area contributed by atoms with Gasteiger partial charge in [0.05, 0.1) is 16.8 Å². The number of rotatable bonds is 4. The average Bonchev–Trinajstić information content (AvgIpc) is 2.55. The van der Waals surface area contributed by atoms with Crippen LogP contribution in [0.3, 0.4) is 0 Å². The normalized spacial score (nSPS) is 18.4. The summed E-state index contributed by atoms with van der Waals surface area (Å²) in [4.78, 5) is 6.82. The molecule has 1 saturated heterocycles. The van der Waals surface area contributed by atoms with Crippen molar-refractivity contribution in [1.29, 1.82) is 0 Å². The molecule has 2 aromatic rings. The van der Waals surface area contributed by atoms with Crippen molar-refractivity contribution in [3.63, 3.8) is 0 Å². The number of piperidine rings is 1. The lowest BCUT2D eigenvalue weighted by Crippen LogP contribution is -2.34. The van der Waals surface area contributed by atoms with E-state index in [1.165, 1.54) is 18.6 Å². The molecular formula is C17H20ClN3O2S. The standard InChI is InChI=1S/C17H20ClN3O2S/c1-13-3-2-10-21(12-13)17-9-6-15(11-19-17)20-24(22,23)16-7-4-14(18)5-8-16/h4-9,11,13,20H,2-3,10,12H2,1H3. The minimum Gasteiger partial charge on any atom is -0.356 e. The maximum atomic E-state index is 12.4. The van der Waals surface area contributed by atoms with E-state index in [9.17, 15) is 8.42 Å². The second-order valence-corrected chi connectivity index (χ2v) is 8.28. The molecule has 24 heavy (non-hydrogen) atoms. The summed E-state index contributed by atoms with van der Waals surface area (Å²) in [6.07, 6.45) is 3.96. The van der Waals surface area contributed by atoms with E-state index < -0.39 is 10.0 Å². The van der Waals surface area contributed by atoms with Gasteiger partial charge in [0.2, 0.25) is 0 Å². The molecule has 1 aromatic heterocycles. The highest BCUT2D eigenvalue weighted by Gasteiger charge is 2.18. The van der Waals surface area contributed by atoms with Crippen LogP contribution >= 0.6 is 11.6 Å². The fraction of sp³-hybridized carbons (Fsp3) is 0.353. The molecule has 128 valence electrons. The van der Waals surface area contributed by atoms with Crippen molar-refractivity contribution in [3.8, 4) is 0 Å². The Hall–Kier alpha value is -1.79. The van der Waals surface area contributed by atoms with Gasteiger partial charge in [0.15, 0.2) is 0 Å². The number of nitrogens with zero attached hydrogens (tertiary/aromatic N) is 2. The molecule has 0 spiro atoms. The lowest BCUT2D eigenvalue weighted by Gasteiger charge is -2.31. The van der Waals surface area contributed by atoms with Crippen LogP contribution in [0, 0.1) is 5.92 Å². The number of anilines is 2. The summed E-state index contributed by atoms with van der Waals surface area (Å²) in [5.74, 6) is 1.54. The van der Waals surface area contributed by atoms with Crippen LogP contribution in [0.4, 0.5) is 11.5 Å². The highest BCUT2D eigenvalue weighted by atomic mass is 35.5. The number of nitrogens with one attached hydrogen (secondary N) is 1. The van der Waals surface area contributed by atoms with E-state index in [4.69, 9.17) is 11.6 Å². The van der Waals surface area contributed by atoms with Gasteiger partial charge in [-0.15, -0.1) is 0 Å². The SMILES string of the molecule is CC1CCCN(c2ccc(NS(=O)(=O)c3ccc(Cl)cc3)cn2)C1. The van der Waals surface area contributed by atoms with Gasteiger partial charge < -0.3 is 4.90 Å². The molecule has 1 fully saturated rings. The molecule has 0 bridgehead atoms. The molecule has 1 aromatic carbocycles. The quantitative estimate of drug-likeness (QED) is 0.895. The van der Waals surface area contributed by atoms with Gasteiger partial charge in [-0.05, 0) is 55.2 Å². The maximum Gasteiger partial charge on any atom is 0.261 e. The third-order valence-corrected chi connectivity index (χ3v) is 5.75. The zero-order valence-corrected chi connectivity index (χ0v) is 15.0. The minimum absolute atomic E-state index is 0.167. The van der Waals surface area contributed by atoms with Crippen molar-refractivity contribution in [2.45, 2.75) is 24.7 Å². The molecule has 1 aliphatic heterocycles. The van der Waals surface area contributed by atoms with E-state index in [-0.39, 0.29) is 4.90 Å². The van der Waals surface area contributed by atoms with Crippen LogP contribution in [0.2, 0.25) is 5.02 Å². The van der Waals surface area contributed by atoms with Crippen LogP contribution in [-0.2, 0) is 10.0 Å². The van der Waals surface area contributed by atoms with Gasteiger partial charge >= 0.3 is 0 Å². The van der Waals surface area contributed by atoms with Crippen LogP contribution in [-0.4, -0.2) is 26.5 Å². The molecule has 1 unspecified atom stereocenters. The van der Waals surface area contributed by atoms with Crippen LogP contribution in [0.5, 0.6) is 0 Å². The molecule has 0 aliphatic carbocycles. The highest BCUT2D eigenvalue weighted by Crippen LogP contribution is 2.23. The molecule has 3 rings (SSSR count). The fourth-order valence-corrected chi connectivity index (χ4v) is 4.03. The second-order valence-electron chi connectivity index (χ2n) is 6.16. The number of benzene rings is 1. The Bertz CT molecular complexity index is 792. The predicted molar refractivity (Wildman–Crippen MR) is 97.1 cm³/mol. The van der Waals surface area contributed by atoms with Gasteiger partial charge in [0, 0.05) is 18.1 Å². The van der Waals surface area contributed by atoms with E-state index in [1.807, 2.05) is 6.07 Å². The van der Waals surface area contributed by atoms with Gasteiger partial charge in [-0.25, -0.2) is 13.4 Å². The molecule has 5 nitrogen and oxygen atoms in total. The Morgan fingerprint density at radius 1 is 1.21 bits per heavy atom. The Morgan fingerprint density at radius 2 is 1.96 bits per heavy atom. The molecule has 0 saturated carbocycles. The second kappa shape index (κ2) is 6.99. The molecule has 0 amide bonds. The largest absolute Gasteiger partial charge is 0.356 e. The lowest BCUT2D eigenvalue weighted by molar-refractivity contribution is 0.444. The Kier molecular flexibility index (Phi) is 4.96. The van der Waals surface area contributed by atoms with Crippen molar-refractivity contribution in [2.24, 2.45) is 5.92 Å². The Morgan fingerprint density at radius 3 is 2.58 bits per heavy atom. The monoisotopic (exact) mass is 365 g/mol. The van der Waals surface area contributed by atoms with Crippen LogP contribution in [0.1, 0.15) is 19.8 Å². The third kappa shape index (κ3) is 3.99. The smallest absolute Gasteiger partial charge is 0.261 e. The van der Waals surface area contributed by atoms with Crippen molar-refractivity contribution in [1.82, 2.24) is 4.98 Å². The first-order chi connectivity index (χ1) is 11.4. The molecule has 0 radical (unpaired) electrons. The van der Waals surface area contributed by atoms with Crippen molar-refractivity contribution >= 4 is 33.1 Å². The molecular weight excluding hydrogens is 346 g/mol. The first-order valence-electron chi connectivity index (χ1n) is 7.93. The van der Waals surface area contributed by atoms with Gasteiger partial charge in [-0.3, -0.25) is 4.72 Å². The summed E-state index contributed by atoms with van der Waals surface area (Å²) in [7, 11) is -3.64. The number of halogens is 1. The molecule has 1 aliphatic rings. The summed E-state index contributed by atoms with van der Waals surface area (Å²) < 4.78 is 27.2. The van der Waals surface area contributed by atoms with Crippen molar-refractivity contribution in [3.05, 3.63) is 47.6 Å². The summed E-state index contributed by atoms with van der Waals surface area (Å²) in [6.45, 7) is 4.22. The van der Waals surface area contributed by atoms with E-state index in [2.05, 4.69) is 21.5 Å².